The first-order chi connectivity index (χ1) is 5.54. The van der Waals surface area contributed by atoms with Crippen molar-refractivity contribution in [3.63, 3.8) is 0 Å². The summed E-state index contributed by atoms with van der Waals surface area (Å²) in [7, 11) is 0. The zero-order chi connectivity index (χ0) is 9.19. The molecule has 0 heterocycles. The standard InChI is InChI=1S/C8H14F3N/c9-8(10,11)7(5-12)4-6-2-1-3-6/h6-7H,1-5,12H2. The van der Waals surface area contributed by atoms with E-state index in [0.29, 0.717) is 0 Å². The Morgan fingerprint density at radius 1 is 1.33 bits per heavy atom. The molecule has 0 amide bonds. The quantitative estimate of drug-likeness (QED) is 0.710. The van der Waals surface area contributed by atoms with E-state index in [2.05, 4.69) is 0 Å². The molecule has 0 spiro atoms. The Balaban J connectivity index is 2.34. The van der Waals surface area contributed by atoms with Gasteiger partial charge >= 0.3 is 6.18 Å². The molecule has 1 nitrogen and oxygen atoms in total. The predicted molar refractivity (Wildman–Crippen MR) is 40.6 cm³/mol. The van der Waals surface area contributed by atoms with Crippen LogP contribution in [0.5, 0.6) is 0 Å². The number of halogens is 3. The van der Waals surface area contributed by atoms with Crippen LogP contribution in [0.3, 0.4) is 0 Å². The summed E-state index contributed by atoms with van der Waals surface area (Å²) in [5, 5.41) is 0. The van der Waals surface area contributed by atoms with Crippen LogP contribution < -0.4 is 5.73 Å². The van der Waals surface area contributed by atoms with Crippen LogP contribution in [-0.2, 0) is 0 Å². The number of rotatable bonds is 3. The Morgan fingerprint density at radius 3 is 2.17 bits per heavy atom. The molecule has 1 atom stereocenters. The molecular weight excluding hydrogens is 167 g/mol. The number of alkyl halides is 3. The normalized spacial score (nSPS) is 22.0. The molecule has 1 aliphatic rings. The lowest BCUT2D eigenvalue weighted by molar-refractivity contribution is -0.177. The van der Waals surface area contributed by atoms with Crippen LogP contribution >= 0.6 is 0 Å². The minimum Gasteiger partial charge on any atom is -0.330 e. The maximum Gasteiger partial charge on any atom is 0.393 e. The van der Waals surface area contributed by atoms with Crippen LogP contribution in [-0.4, -0.2) is 12.7 Å². The Bertz CT molecular complexity index is 140. The van der Waals surface area contributed by atoms with Crippen LogP contribution in [0.25, 0.3) is 0 Å². The van der Waals surface area contributed by atoms with Crippen molar-refractivity contribution in [2.75, 3.05) is 6.54 Å². The summed E-state index contributed by atoms with van der Waals surface area (Å²) in [6, 6.07) is 0. The molecule has 1 aliphatic carbocycles. The van der Waals surface area contributed by atoms with Gasteiger partial charge in [0.05, 0.1) is 5.92 Å². The van der Waals surface area contributed by atoms with E-state index < -0.39 is 12.1 Å². The Labute approximate surface area is 70.1 Å². The largest absolute Gasteiger partial charge is 0.393 e. The van der Waals surface area contributed by atoms with E-state index in [0.717, 1.165) is 19.3 Å². The highest BCUT2D eigenvalue weighted by Gasteiger charge is 2.40. The third-order valence-corrected chi connectivity index (χ3v) is 2.59. The second-order valence-electron chi connectivity index (χ2n) is 3.51. The topological polar surface area (TPSA) is 26.0 Å². The molecule has 4 heteroatoms. The van der Waals surface area contributed by atoms with E-state index >= 15 is 0 Å². The molecule has 1 fully saturated rings. The third kappa shape index (κ3) is 2.37. The summed E-state index contributed by atoms with van der Waals surface area (Å²) in [5.74, 6) is -0.997. The zero-order valence-corrected chi connectivity index (χ0v) is 6.90. The lowest BCUT2D eigenvalue weighted by atomic mass is 9.79. The van der Waals surface area contributed by atoms with Gasteiger partial charge in [0.25, 0.3) is 0 Å². The fraction of sp³-hybridized carbons (Fsp3) is 1.00. The van der Waals surface area contributed by atoms with Gasteiger partial charge in [0, 0.05) is 6.54 Å². The van der Waals surface area contributed by atoms with Crippen LogP contribution in [0.4, 0.5) is 13.2 Å². The molecule has 1 saturated carbocycles. The highest BCUT2D eigenvalue weighted by atomic mass is 19.4. The summed E-state index contributed by atoms with van der Waals surface area (Å²) >= 11 is 0. The van der Waals surface area contributed by atoms with Crippen LogP contribution in [0, 0.1) is 11.8 Å². The van der Waals surface area contributed by atoms with Crippen LogP contribution in [0.15, 0.2) is 0 Å². The Morgan fingerprint density at radius 2 is 1.92 bits per heavy atom. The highest BCUT2D eigenvalue weighted by molar-refractivity contribution is 4.77. The molecular formula is C8H14F3N. The monoisotopic (exact) mass is 181 g/mol. The van der Waals surface area contributed by atoms with E-state index in [-0.39, 0.29) is 18.9 Å². The minimum atomic E-state index is -4.09. The lowest BCUT2D eigenvalue weighted by Crippen LogP contribution is -2.33. The van der Waals surface area contributed by atoms with Gasteiger partial charge in [0.1, 0.15) is 0 Å². The first-order valence-electron chi connectivity index (χ1n) is 4.31. The second kappa shape index (κ2) is 3.64. The van der Waals surface area contributed by atoms with Gasteiger partial charge in [-0.2, -0.15) is 13.2 Å². The molecule has 72 valence electrons. The molecule has 0 aromatic rings. The summed E-state index contributed by atoms with van der Waals surface area (Å²) in [5.41, 5.74) is 5.07. The maximum absolute atomic E-state index is 12.2. The van der Waals surface area contributed by atoms with Crippen molar-refractivity contribution in [3.05, 3.63) is 0 Å². The molecule has 0 bridgehead atoms. The molecule has 0 saturated heterocycles. The summed E-state index contributed by atoms with van der Waals surface area (Å²) in [6.07, 6.45) is -0.872. The van der Waals surface area contributed by atoms with Gasteiger partial charge in [-0.1, -0.05) is 19.3 Å². The fourth-order valence-corrected chi connectivity index (χ4v) is 1.49. The van der Waals surface area contributed by atoms with Gasteiger partial charge in [-0.05, 0) is 12.3 Å². The molecule has 1 unspecified atom stereocenters. The van der Waals surface area contributed by atoms with E-state index in [1.165, 1.54) is 0 Å². The highest BCUT2D eigenvalue weighted by Crippen LogP contribution is 2.37. The van der Waals surface area contributed by atoms with E-state index in [1.54, 1.807) is 0 Å². The molecule has 0 aromatic heterocycles. The second-order valence-corrected chi connectivity index (χ2v) is 3.51. The van der Waals surface area contributed by atoms with E-state index in [9.17, 15) is 13.2 Å². The smallest absolute Gasteiger partial charge is 0.330 e. The number of nitrogens with two attached hydrogens (primary N) is 1. The van der Waals surface area contributed by atoms with Gasteiger partial charge < -0.3 is 5.73 Å². The van der Waals surface area contributed by atoms with Crippen molar-refractivity contribution in [1.82, 2.24) is 0 Å². The van der Waals surface area contributed by atoms with E-state index in [4.69, 9.17) is 5.73 Å². The molecule has 1 rings (SSSR count). The molecule has 2 N–H and O–H groups in total. The first kappa shape index (κ1) is 9.84. The van der Waals surface area contributed by atoms with E-state index in [1.807, 2.05) is 0 Å². The van der Waals surface area contributed by atoms with Crippen molar-refractivity contribution < 1.29 is 13.2 Å². The Hall–Kier alpha value is -0.250. The molecule has 12 heavy (non-hydrogen) atoms. The van der Waals surface area contributed by atoms with Crippen molar-refractivity contribution in [2.24, 2.45) is 17.6 Å². The average molecular weight is 181 g/mol. The molecule has 0 radical (unpaired) electrons. The maximum atomic E-state index is 12.2. The van der Waals surface area contributed by atoms with Crippen molar-refractivity contribution >= 4 is 0 Å². The fourth-order valence-electron chi connectivity index (χ4n) is 1.49. The Kier molecular flexibility index (Phi) is 2.99. The van der Waals surface area contributed by atoms with Crippen molar-refractivity contribution in [2.45, 2.75) is 31.9 Å². The van der Waals surface area contributed by atoms with Gasteiger partial charge in [-0.3, -0.25) is 0 Å². The van der Waals surface area contributed by atoms with Gasteiger partial charge in [-0.15, -0.1) is 0 Å². The third-order valence-electron chi connectivity index (χ3n) is 2.59. The zero-order valence-electron chi connectivity index (χ0n) is 6.90. The lowest BCUT2D eigenvalue weighted by Gasteiger charge is -2.30. The van der Waals surface area contributed by atoms with Gasteiger partial charge in [0.15, 0.2) is 0 Å². The van der Waals surface area contributed by atoms with Crippen LogP contribution in [0.2, 0.25) is 0 Å². The number of hydrogen-bond donors (Lipinski definition) is 1. The summed E-state index contributed by atoms with van der Waals surface area (Å²) in [4.78, 5) is 0. The summed E-state index contributed by atoms with van der Waals surface area (Å²) < 4.78 is 36.5. The van der Waals surface area contributed by atoms with Crippen molar-refractivity contribution in [3.8, 4) is 0 Å². The average Bonchev–Trinajstić information content (AvgIpc) is 1.82. The van der Waals surface area contributed by atoms with Crippen molar-refractivity contribution in [1.29, 1.82) is 0 Å². The van der Waals surface area contributed by atoms with Crippen LogP contribution in [0.1, 0.15) is 25.7 Å². The predicted octanol–water partition coefficient (Wildman–Crippen LogP) is 2.31. The summed E-state index contributed by atoms with van der Waals surface area (Å²) in [6.45, 7) is -0.264. The molecule has 0 aliphatic heterocycles. The molecule has 0 aromatic carbocycles. The van der Waals surface area contributed by atoms with Gasteiger partial charge in [0.2, 0.25) is 0 Å². The van der Waals surface area contributed by atoms with Gasteiger partial charge in [-0.25, -0.2) is 0 Å². The first-order valence-corrected chi connectivity index (χ1v) is 4.31. The minimum absolute atomic E-state index is 0.236. The SMILES string of the molecule is NCC(CC1CCC1)C(F)(F)F. The number of hydrogen-bond acceptors (Lipinski definition) is 1.